The molecule has 210 valence electrons. The number of nitrogens with two attached hydrogens (primary N) is 4. The highest BCUT2D eigenvalue weighted by atomic mass is 16.4. The quantitative estimate of drug-likeness (QED) is 0.0431. The Morgan fingerprint density at radius 3 is 1.73 bits per heavy atom. The molecule has 17 heteroatoms. The Kier molecular flexibility index (Phi) is 15.6. The van der Waals surface area contributed by atoms with Crippen molar-refractivity contribution >= 4 is 41.6 Å². The van der Waals surface area contributed by atoms with Crippen molar-refractivity contribution in [3.8, 4) is 0 Å². The molecule has 0 radical (unpaired) electrons. The molecule has 0 spiro atoms. The van der Waals surface area contributed by atoms with E-state index in [1.807, 2.05) is 5.32 Å². The van der Waals surface area contributed by atoms with E-state index in [2.05, 4.69) is 15.6 Å². The van der Waals surface area contributed by atoms with Gasteiger partial charge in [-0.2, -0.15) is 0 Å². The smallest absolute Gasteiger partial charge is 0.326 e. The number of aliphatic imine (C=N–C) groups is 1. The van der Waals surface area contributed by atoms with Gasteiger partial charge in [0.05, 0.1) is 18.9 Å². The molecule has 0 aliphatic rings. The number of aliphatic carboxylic acids is 3. The third-order valence-electron chi connectivity index (χ3n) is 4.89. The van der Waals surface area contributed by atoms with Crippen molar-refractivity contribution in [2.75, 3.05) is 13.1 Å². The zero-order chi connectivity index (χ0) is 28.5. The predicted molar refractivity (Wildman–Crippen MR) is 129 cm³/mol. The van der Waals surface area contributed by atoms with E-state index in [1.165, 1.54) is 0 Å². The Morgan fingerprint density at radius 2 is 1.22 bits per heavy atom. The summed E-state index contributed by atoms with van der Waals surface area (Å²) in [4.78, 5) is 75.0. The molecule has 14 N–H and O–H groups in total. The number of carbonyl (C=O) groups is 6. The van der Waals surface area contributed by atoms with Gasteiger partial charge < -0.3 is 54.2 Å². The molecule has 0 saturated heterocycles. The highest BCUT2D eigenvalue weighted by Crippen LogP contribution is 2.05. The van der Waals surface area contributed by atoms with E-state index in [1.54, 1.807) is 0 Å². The van der Waals surface area contributed by atoms with Crippen LogP contribution in [-0.4, -0.2) is 94.2 Å². The van der Waals surface area contributed by atoms with E-state index in [9.17, 15) is 28.8 Å². The molecule has 0 aliphatic heterocycles. The minimum Gasteiger partial charge on any atom is -0.481 e. The summed E-state index contributed by atoms with van der Waals surface area (Å²) in [6.45, 7) is 0.533. The molecule has 0 aromatic carbocycles. The van der Waals surface area contributed by atoms with Gasteiger partial charge in [-0.1, -0.05) is 0 Å². The first kappa shape index (κ1) is 33.0. The molecule has 4 atom stereocenters. The summed E-state index contributed by atoms with van der Waals surface area (Å²) < 4.78 is 0. The number of unbranched alkanes of at least 4 members (excludes halogenated alkanes) is 1. The van der Waals surface area contributed by atoms with Gasteiger partial charge in [0.15, 0.2) is 5.96 Å². The van der Waals surface area contributed by atoms with Crippen LogP contribution >= 0.6 is 0 Å². The van der Waals surface area contributed by atoms with Gasteiger partial charge in [-0.05, 0) is 38.6 Å². The van der Waals surface area contributed by atoms with Crippen LogP contribution in [0.1, 0.15) is 44.9 Å². The highest BCUT2D eigenvalue weighted by molar-refractivity contribution is 5.96. The first-order valence-corrected chi connectivity index (χ1v) is 11.4. The third-order valence-corrected chi connectivity index (χ3v) is 4.89. The first-order valence-electron chi connectivity index (χ1n) is 11.4. The van der Waals surface area contributed by atoms with E-state index < -0.39 is 72.6 Å². The van der Waals surface area contributed by atoms with Crippen molar-refractivity contribution in [2.24, 2.45) is 27.9 Å². The fourth-order valence-corrected chi connectivity index (χ4v) is 2.99. The SMILES string of the molecule is NCCCCC(NC(=O)C(N)CCCN=C(N)N)C(=O)NC(CC(=O)O)C(=O)NC(CC(=O)O)C(=O)O. The Bertz CT molecular complexity index is 848. The van der Waals surface area contributed by atoms with Crippen molar-refractivity contribution in [2.45, 2.75) is 69.1 Å². The normalized spacial score (nSPS) is 13.8. The molecule has 37 heavy (non-hydrogen) atoms. The molecule has 4 unspecified atom stereocenters. The number of carboxylic acids is 3. The molecular weight excluding hydrogens is 496 g/mol. The van der Waals surface area contributed by atoms with Crippen LogP contribution in [0.15, 0.2) is 4.99 Å². The second-order valence-corrected chi connectivity index (χ2v) is 8.06. The van der Waals surface area contributed by atoms with Crippen LogP contribution in [0.3, 0.4) is 0 Å². The van der Waals surface area contributed by atoms with E-state index in [4.69, 9.17) is 38.3 Å². The lowest BCUT2D eigenvalue weighted by molar-refractivity contribution is -0.148. The lowest BCUT2D eigenvalue weighted by Crippen LogP contribution is -2.57. The topological polar surface area (TPSA) is 316 Å². The number of nitrogens with zero attached hydrogens (tertiary/aromatic N) is 1. The number of hydrogen-bond acceptors (Lipinski definition) is 9. The number of carboxylic acid groups (broad SMARTS) is 3. The van der Waals surface area contributed by atoms with Crippen LogP contribution in [0.5, 0.6) is 0 Å². The molecule has 0 heterocycles. The number of nitrogens with one attached hydrogen (secondary N) is 3. The average Bonchev–Trinajstić information content (AvgIpc) is 2.79. The zero-order valence-corrected chi connectivity index (χ0v) is 20.2. The molecule has 0 saturated carbocycles. The van der Waals surface area contributed by atoms with Crippen LogP contribution in [0.2, 0.25) is 0 Å². The van der Waals surface area contributed by atoms with E-state index in [-0.39, 0.29) is 25.3 Å². The summed E-state index contributed by atoms with van der Waals surface area (Å²) in [5.74, 6) is -7.66. The summed E-state index contributed by atoms with van der Waals surface area (Å²) in [7, 11) is 0. The Hall–Kier alpha value is -3.99. The Balaban J connectivity index is 5.47. The first-order chi connectivity index (χ1) is 17.3. The minimum atomic E-state index is -1.87. The summed E-state index contributed by atoms with van der Waals surface area (Å²) in [6, 6.07) is -5.87. The molecule has 0 aromatic rings. The van der Waals surface area contributed by atoms with Gasteiger partial charge in [-0.15, -0.1) is 0 Å². The molecule has 3 amide bonds. The summed E-state index contributed by atoms with van der Waals surface area (Å²) >= 11 is 0. The monoisotopic (exact) mass is 532 g/mol. The van der Waals surface area contributed by atoms with E-state index >= 15 is 0 Å². The van der Waals surface area contributed by atoms with Crippen LogP contribution in [0, 0.1) is 0 Å². The zero-order valence-electron chi connectivity index (χ0n) is 20.2. The Labute approximate surface area is 212 Å². The molecular formula is C20H36N8O9. The van der Waals surface area contributed by atoms with Crippen LogP contribution in [-0.2, 0) is 28.8 Å². The number of rotatable bonds is 19. The molecule has 17 nitrogen and oxygen atoms in total. The fourth-order valence-electron chi connectivity index (χ4n) is 2.99. The second kappa shape index (κ2) is 17.4. The summed E-state index contributed by atoms with van der Waals surface area (Å²) in [5.41, 5.74) is 21.8. The van der Waals surface area contributed by atoms with Crippen molar-refractivity contribution in [1.82, 2.24) is 16.0 Å². The van der Waals surface area contributed by atoms with Gasteiger partial charge in [0.1, 0.15) is 18.1 Å². The molecule has 0 aliphatic carbocycles. The molecule has 0 fully saturated rings. The highest BCUT2D eigenvalue weighted by Gasteiger charge is 2.32. The number of carbonyl (C=O) groups excluding carboxylic acids is 3. The molecule has 0 rings (SSSR count). The van der Waals surface area contributed by atoms with Crippen molar-refractivity contribution in [3.05, 3.63) is 0 Å². The van der Waals surface area contributed by atoms with Gasteiger partial charge in [-0.25, -0.2) is 4.79 Å². The number of guanidine groups is 1. The molecule has 0 bridgehead atoms. The fraction of sp³-hybridized carbons (Fsp3) is 0.650. The predicted octanol–water partition coefficient (Wildman–Crippen LogP) is -4.02. The standard InChI is InChI=1S/C20H36N8O9/c21-6-2-1-5-11(26-16(33)10(22)4-3-7-25-20(23)24)17(34)27-12(8-14(29)30)18(35)28-13(19(36)37)9-15(31)32/h10-13H,1-9,21-22H2,(H,26,33)(H,27,34)(H,28,35)(H,29,30)(H,31,32)(H,36,37)(H4,23,24,25). The van der Waals surface area contributed by atoms with Gasteiger partial charge in [0, 0.05) is 6.54 Å². The Morgan fingerprint density at radius 1 is 0.703 bits per heavy atom. The van der Waals surface area contributed by atoms with Crippen LogP contribution in [0.25, 0.3) is 0 Å². The maximum absolute atomic E-state index is 12.9. The van der Waals surface area contributed by atoms with Gasteiger partial charge in [-0.3, -0.25) is 29.0 Å². The van der Waals surface area contributed by atoms with E-state index in [0.717, 1.165) is 0 Å². The maximum atomic E-state index is 12.9. The summed E-state index contributed by atoms with van der Waals surface area (Å²) in [5, 5.41) is 33.6. The largest absolute Gasteiger partial charge is 0.481 e. The van der Waals surface area contributed by atoms with Crippen molar-refractivity contribution < 1.29 is 44.1 Å². The third kappa shape index (κ3) is 14.9. The second-order valence-electron chi connectivity index (χ2n) is 8.06. The summed E-state index contributed by atoms with van der Waals surface area (Å²) in [6.07, 6.45) is -0.392. The average molecular weight is 533 g/mol. The maximum Gasteiger partial charge on any atom is 0.326 e. The van der Waals surface area contributed by atoms with Crippen molar-refractivity contribution in [1.29, 1.82) is 0 Å². The van der Waals surface area contributed by atoms with Gasteiger partial charge in [0.25, 0.3) is 0 Å². The van der Waals surface area contributed by atoms with Crippen molar-refractivity contribution in [3.63, 3.8) is 0 Å². The minimum absolute atomic E-state index is 0.0771. The number of hydrogen-bond donors (Lipinski definition) is 10. The van der Waals surface area contributed by atoms with Crippen LogP contribution < -0.4 is 38.9 Å². The van der Waals surface area contributed by atoms with Gasteiger partial charge in [0.2, 0.25) is 17.7 Å². The lowest BCUT2D eigenvalue weighted by Gasteiger charge is -2.24. The van der Waals surface area contributed by atoms with E-state index in [0.29, 0.717) is 25.8 Å². The van der Waals surface area contributed by atoms with Crippen LogP contribution in [0.4, 0.5) is 0 Å². The van der Waals surface area contributed by atoms with Gasteiger partial charge >= 0.3 is 17.9 Å². The number of amides is 3. The lowest BCUT2D eigenvalue weighted by atomic mass is 10.1. The molecule has 0 aromatic heterocycles.